The highest BCUT2D eigenvalue weighted by Crippen LogP contribution is 2.37. The molecule has 0 bridgehead atoms. The molecule has 1 fully saturated rings. The molecule has 1 heterocycles. The van der Waals surface area contributed by atoms with Crippen LogP contribution in [0, 0.1) is 11.3 Å². The fraction of sp³-hybridized carbons (Fsp3) is 0.625. The lowest BCUT2D eigenvalue weighted by Crippen LogP contribution is -2.32. The number of nitrogens with one attached hydrogen (secondary N) is 1. The predicted octanol–water partition coefficient (Wildman–Crippen LogP) is 2.91. The van der Waals surface area contributed by atoms with E-state index in [1.807, 2.05) is 0 Å². The zero-order valence-corrected chi connectivity index (χ0v) is 13.7. The number of pyridine rings is 1. The van der Waals surface area contributed by atoms with Crippen LogP contribution in [0.15, 0.2) is 18.3 Å². The van der Waals surface area contributed by atoms with Gasteiger partial charge in [-0.2, -0.15) is 0 Å². The monoisotopic (exact) mass is 311 g/mol. The van der Waals surface area contributed by atoms with Gasteiger partial charge in [0.25, 0.3) is 5.91 Å². The minimum Gasteiger partial charge on any atom is -0.352 e. The van der Waals surface area contributed by atoms with Crippen LogP contribution in [0.5, 0.6) is 0 Å². The highest BCUT2D eigenvalue weighted by molar-refractivity contribution is 5.94. The van der Waals surface area contributed by atoms with Crippen molar-refractivity contribution in [2.24, 2.45) is 17.1 Å². The lowest BCUT2D eigenvalue weighted by molar-refractivity contribution is 0.0936. The van der Waals surface area contributed by atoms with Crippen molar-refractivity contribution in [3.8, 4) is 0 Å². The molecule has 21 heavy (non-hydrogen) atoms. The molecule has 0 saturated heterocycles. The summed E-state index contributed by atoms with van der Waals surface area (Å²) in [4.78, 5) is 16.2. The summed E-state index contributed by atoms with van der Waals surface area (Å²) in [6.45, 7) is 5.79. The second-order valence-electron chi connectivity index (χ2n) is 6.56. The fourth-order valence-electron chi connectivity index (χ4n) is 2.73. The van der Waals surface area contributed by atoms with E-state index in [1.54, 1.807) is 18.3 Å². The first-order valence-corrected chi connectivity index (χ1v) is 7.43. The second-order valence-corrected chi connectivity index (χ2v) is 6.56. The third kappa shape index (κ3) is 5.29. The van der Waals surface area contributed by atoms with Crippen molar-refractivity contribution in [1.29, 1.82) is 0 Å². The lowest BCUT2D eigenvalue weighted by Gasteiger charge is -2.34. The van der Waals surface area contributed by atoms with Gasteiger partial charge in [-0.15, -0.1) is 12.4 Å². The maximum Gasteiger partial charge on any atom is 0.251 e. The molecule has 118 valence electrons. The first-order valence-electron chi connectivity index (χ1n) is 7.43. The Kier molecular flexibility index (Phi) is 6.62. The molecule has 4 nitrogen and oxygen atoms in total. The normalized spacial score (nSPS) is 17.9. The number of amides is 1. The van der Waals surface area contributed by atoms with Gasteiger partial charge in [0.05, 0.1) is 5.69 Å². The molecule has 5 heteroatoms. The van der Waals surface area contributed by atoms with Gasteiger partial charge >= 0.3 is 0 Å². The Labute approximate surface area is 133 Å². The predicted molar refractivity (Wildman–Crippen MR) is 87.4 cm³/mol. The van der Waals surface area contributed by atoms with Gasteiger partial charge in [0.15, 0.2) is 0 Å². The summed E-state index contributed by atoms with van der Waals surface area (Å²) in [5, 5.41) is 3.04. The number of carbonyl (C=O) groups is 1. The van der Waals surface area contributed by atoms with E-state index in [1.165, 1.54) is 25.7 Å². The van der Waals surface area contributed by atoms with E-state index < -0.39 is 0 Å². The number of carbonyl (C=O) groups excluding carboxylic acids is 1. The van der Waals surface area contributed by atoms with Gasteiger partial charge in [-0.05, 0) is 49.1 Å². The third-order valence-electron chi connectivity index (χ3n) is 4.30. The van der Waals surface area contributed by atoms with Crippen LogP contribution in [-0.2, 0) is 6.54 Å². The van der Waals surface area contributed by atoms with Gasteiger partial charge in [0.1, 0.15) is 0 Å². The minimum absolute atomic E-state index is 0. The first-order chi connectivity index (χ1) is 9.50. The van der Waals surface area contributed by atoms with E-state index in [0.717, 1.165) is 12.2 Å². The lowest BCUT2D eigenvalue weighted by atomic mass is 9.73. The molecule has 0 radical (unpaired) electrons. The van der Waals surface area contributed by atoms with Crippen LogP contribution < -0.4 is 11.1 Å². The van der Waals surface area contributed by atoms with Gasteiger partial charge < -0.3 is 11.1 Å². The minimum atomic E-state index is -0.0214. The zero-order valence-electron chi connectivity index (χ0n) is 12.9. The number of aromatic nitrogens is 1. The number of halogens is 1. The van der Waals surface area contributed by atoms with Gasteiger partial charge in [0, 0.05) is 24.8 Å². The van der Waals surface area contributed by atoms with E-state index in [9.17, 15) is 4.79 Å². The Bertz CT molecular complexity index is 466. The van der Waals surface area contributed by atoms with Crippen LogP contribution in [0.25, 0.3) is 0 Å². The summed E-state index contributed by atoms with van der Waals surface area (Å²) in [7, 11) is 0. The zero-order chi connectivity index (χ0) is 14.6. The van der Waals surface area contributed by atoms with E-state index >= 15 is 0 Å². The van der Waals surface area contributed by atoms with Crippen LogP contribution in [0.3, 0.4) is 0 Å². The molecule has 3 N–H and O–H groups in total. The van der Waals surface area contributed by atoms with Crippen LogP contribution in [0.4, 0.5) is 0 Å². The smallest absolute Gasteiger partial charge is 0.251 e. The van der Waals surface area contributed by atoms with Crippen LogP contribution >= 0.6 is 12.4 Å². The summed E-state index contributed by atoms with van der Waals surface area (Å²) in [5.74, 6) is 0.592. The fourth-order valence-corrected chi connectivity index (χ4v) is 2.73. The highest BCUT2D eigenvalue weighted by atomic mass is 35.5. The largest absolute Gasteiger partial charge is 0.352 e. The molecule has 1 saturated carbocycles. The number of nitrogens with two attached hydrogens (primary N) is 1. The van der Waals surface area contributed by atoms with E-state index in [4.69, 9.17) is 5.73 Å². The molecule has 0 spiro atoms. The average molecular weight is 312 g/mol. The number of hydrogen-bond acceptors (Lipinski definition) is 3. The Morgan fingerprint density at radius 2 is 2.10 bits per heavy atom. The molecule has 0 unspecified atom stereocenters. The van der Waals surface area contributed by atoms with Crippen LogP contribution in [-0.4, -0.2) is 17.4 Å². The molecular weight excluding hydrogens is 286 g/mol. The molecule has 1 amide bonds. The van der Waals surface area contributed by atoms with Crippen molar-refractivity contribution in [2.75, 3.05) is 6.54 Å². The van der Waals surface area contributed by atoms with Crippen molar-refractivity contribution in [3.63, 3.8) is 0 Å². The van der Waals surface area contributed by atoms with Gasteiger partial charge in [-0.25, -0.2) is 0 Å². The standard InChI is InChI=1S/C16H25N3O.ClH/c1-16(2)6-3-12(4-7-16)11-19-15(20)13-5-8-18-14(9-13)10-17;/h5,8-9,12H,3-4,6-7,10-11,17H2,1-2H3,(H,19,20);1H. The Balaban J connectivity index is 0.00000220. The molecule has 1 aliphatic rings. The van der Waals surface area contributed by atoms with Gasteiger partial charge in [0.2, 0.25) is 0 Å². The number of rotatable bonds is 4. The van der Waals surface area contributed by atoms with Crippen molar-refractivity contribution < 1.29 is 4.79 Å². The topological polar surface area (TPSA) is 68.0 Å². The van der Waals surface area contributed by atoms with Crippen LogP contribution in [0.2, 0.25) is 0 Å². The Morgan fingerprint density at radius 3 is 2.71 bits per heavy atom. The molecule has 2 rings (SSSR count). The van der Waals surface area contributed by atoms with Gasteiger partial charge in [-0.3, -0.25) is 9.78 Å². The molecule has 1 aliphatic carbocycles. The summed E-state index contributed by atoms with van der Waals surface area (Å²) in [5.41, 5.74) is 7.41. The van der Waals surface area contributed by atoms with Crippen molar-refractivity contribution in [1.82, 2.24) is 10.3 Å². The van der Waals surface area contributed by atoms with Crippen molar-refractivity contribution in [2.45, 2.75) is 46.1 Å². The summed E-state index contributed by atoms with van der Waals surface area (Å²) in [6.07, 6.45) is 6.55. The Morgan fingerprint density at radius 1 is 1.43 bits per heavy atom. The van der Waals surface area contributed by atoms with Gasteiger partial charge in [-0.1, -0.05) is 13.8 Å². The van der Waals surface area contributed by atoms with Crippen molar-refractivity contribution in [3.05, 3.63) is 29.6 Å². The summed E-state index contributed by atoms with van der Waals surface area (Å²) >= 11 is 0. The Hall–Kier alpha value is -1.13. The highest BCUT2D eigenvalue weighted by Gasteiger charge is 2.26. The maximum absolute atomic E-state index is 12.1. The number of hydrogen-bond donors (Lipinski definition) is 2. The third-order valence-corrected chi connectivity index (χ3v) is 4.30. The SMILES string of the molecule is CC1(C)CCC(CNC(=O)c2ccnc(CN)c2)CC1.Cl. The second kappa shape index (κ2) is 7.76. The quantitative estimate of drug-likeness (QED) is 0.898. The summed E-state index contributed by atoms with van der Waals surface area (Å²) < 4.78 is 0. The van der Waals surface area contributed by atoms with E-state index in [2.05, 4.69) is 24.1 Å². The molecule has 0 aliphatic heterocycles. The molecular formula is C16H26ClN3O. The number of nitrogens with zero attached hydrogens (tertiary/aromatic N) is 1. The average Bonchev–Trinajstić information content (AvgIpc) is 2.46. The van der Waals surface area contributed by atoms with Crippen LogP contribution in [0.1, 0.15) is 55.6 Å². The van der Waals surface area contributed by atoms with E-state index in [0.29, 0.717) is 23.4 Å². The maximum atomic E-state index is 12.1. The molecule has 1 aromatic heterocycles. The molecule has 0 aromatic carbocycles. The molecule has 1 aromatic rings. The van der Waals surface area contributed by atoms with Crippen molar-refractivity contribution >= 4 is 18.3 Å². The first kappa shape index (κ1) is 17.9. The van der Waals surface area contributed by atoms with E-state index in [-0.39, 0.29) is 18.3 Å². The molecule has 0 atom stereocenters. The summed E-state index contributed by atoms with van der Waals surface area (Å²) in [6, 6.07) is 3.50.